The number of carbonyl (C=O) groups excluding carboxylic acids is 1. The van der Waals surface area contributed by atoms with Crippen molar-refractivity contribution in [2.24, 2.45) is 0 Å². The lowest BCUT2D eigenvalue weighted by molar-refractivity contribution is 0.0507. The number of ether oxygens (including phenoxy) is 2. The molecule has 0 saturated carbocycles. The summed E-state index contributed by atoms with van der Waals surface area (Å²) in [6, 6.07) is 6.96. The molecular formula is C26H31BrF2N4O3. The molecule has 3 rings (SSSR count). The molecule has 1 heterocycles. The number of nitrogens with two attached hydrogens (primary N) is 1. The van der Waals surface area contributed by atoms with E-state index >= 15 is 0 Å². The van der Waals surface area contributed by atoms with Crippen LogP contribution in [-0.4, -0.2) is 29.8 Å². The average molecular weight is 565 g/mol. The second kappa shape index (κ2) is 11.7. The monoisotopic (exact) mass is 564 g/mol. The second-order valence-electron chi connectivity index (χ2n) is 9.41. The molecular weight excluding hydrogens is 534 g/mol. The number of nitrogens with one attached hydrogen (secondary N) is 2. The number of anilines is 2. The molecule has 0 spiro atoms. The van der Waals surface area contributed by atoms with E-state index in [9.17, 15) is 13.6 Å². The van der Waals surface area contributed by atoms with Gasteiger partial charge in [-0.15, -0.1) is 0 Å². The molecule has 7 nitrogen and oxygen atoms in total. The van der Waals surface area contributed by atoms with Crippen LogP contribution in [0.1, 0.15) is 52.1 Å². The van der Waals surface area contributed by atoms with E-state index in [4.69, 9.17) is 15.2 Å². The van der Waals surface area contributed by atoms with Gasteiger partial charge in [-0.1, -0.05) is 15.9 Å². The molecule has 10 heteroatoms. The molecule has 0 saturated heterocycles. The van der Waals surface area contributed by atoms with Crippen molar-refractivity contribution in [3.05, 3.63) is 58.2 Å². The molecule has 194 valence electrons. The first kappa shape index (κ1) is 27.4. The number of carbonyl (C=O) groups is 1. The summed E-state index contributed by atoms with van der Waals surface area (Å²) in [5.41, 5.74) is 7.78. The summed E-state index contributed by atoms with van der Waals surface area (Å²) in [6.45, 7) is 7.60. The van der Waals surface area contributed by atoms with Crippen molar-refractivity contribution in [3.63, 3.8) is 0 Å². The van der Waals surface area contributed by atoms with Gasteiger partial charge in [0.05, 0.1) is 35.7 Å². The van der Waals surface area contributed by atoms with E-state index in [1.165, 1.54) is 0 Å². The molecule has 0 aliphatic rings. The number of unbranched alkanes of at least 4 members (excludes halogenated alkanes) is 1. The zero-order chi connectivity index (χ0) is 26.5. The number of alkyl carbamates (subject to hydrolysis) is 1. The highest BCUT2D eigenvalue weighted by Gasteiger charge is 2.22. The maximum absolute atomic E-state index is 14.6. The van der Waals surface area contributed by atoms with Crippen molar-refractivity contribution in [3.8, 4) is 5.75 Å². The smallest absolute Gasteiger partial charge is 0.408 e. The second-order valence-corrected chi connectivity index (χ2v) is 10.3. The summed E-state index contributed by atoms with van der Waals surface area (Å²) in [5.74, 6) is -1.68. The van der Waals surface area contributed by atoms with Gasteiger partial charge in [-0.05, 0) is 64.8 Å². The first-order chi connectivity index (χ1) is 16.9. The largest absolute Gasteiger partial charge is 0.490 e. The minimum atomic E-state index is -0.831. The molecule has 0 aliphatic carbocycles. The molecule has 1 atom stereocenters. The van der Waals surface area contributed by atoms with Crippen molar-refractivity contribution in [2.45, 2.75) is 52.2 Å². The van der Waals surface area contributed by atoms with Crippen LogP contribution < -0.4 is 21.1 Å². The summed E-state index contributed by atoms with van der Waals surface area (Å²) in [7, 11) is 0. The quantitative estimate of drug-likeness (QED) is 0.250. The lowest BCUT2D eigenvalue weighted by atomic mass is 10.1. The number of nitrogens with zero attached hydrogens (tertiary/aromatic N) is 1. The molecule has 0 fully saturated rings. The van der Waals surface area contributed by atoms with E-state index < -0.39 is 29.4 Å². The number of amides is 1. The average Bonchev–Trinajstić information content (AvgIpc) is 2.76. The Morgan fingerprint density at radius 3 is 2.67 bits per heavy atom. The maximum atomic E-state index is 14.6. The third kappa shape index (κ3) is 7.43. The van der Waals surface area contributed by atoms with E-state index in [2.05, 4.69) is 31.5 Å². The Kier molecular flexibility index (Phi) is 8.94. The van der Waals surface area contributed by atoms with Gasteiger partial charge in [0.15, 0.2) is 11.6 Å². The van der Waals surface area contributed by atoms with Crippen molar-refractivity contribution in [1.82, 2.24) is 10.3 Å². The first-order valence-electron chi connectivity index (χ1n) is 11.6. The van der Waals surface area contributed by atoms with E-state index in [0.717, 1.165) is 33.2 Å². The number of rotatable bonds is 9. The summed E-state index contributed by atoms with van der Waals surface area (Å²) in [5, 5.41) is 6.85. The number of pyridine rings is 1. The van der Waals surface area contributed by atoms with E-state index in [1.807, 2.05) is 18.2 Å². The van der Waals surface area contributed by atoms with Gasteiger partial charge in [-0.25, -0.2) is 13.6 Å². The lowest BCUT2D eigenvalue weighted by Gasteiger charge is -2.23. The Morgan fingerprint density at radius 2 is 1.94 bits per heavy atom. The van der Waals surface area contributed by atoms with Crippen LogP contribution in [0, 0.1) is 11.6 Å². The van der Waals surface area contributed by atoms with Crippen LogP contribution in [0.3, 0.4) is 0 Å². The molecule has 3 aromatic rings. The van der Waals surface area contributed by atoms with Gasteiger partial charge in [0.2, 0.25) is 0 Å². The Bertz CT molecular complexity index is 1230. The number of aromatic nitrogens is 1. The van der Waals surface area contributed by atoms with Gasteiger partial charge in [0.1, 0.15) is 11.4 Å². The Balaban J connectivity index is 1.58. The van der Waals surface area contributed by atoms with Gasteiger partial charge in [-0.2, -0.15) is 0 Å². The zero-order valence-corrected chi connectivity index (χ0v) is 22.3. The number of halogens is 3. The molecule has 1 aromatic heterocycles. The van der Waals surface area contributed by atoms with Gasteiger partial charge in [0, 0.05) is 28.0 Å². The minimum Gasteiger partial charge on any atom is -0.490 e. The number of hydrogen-bond donors (Lipinski definition) is 3. The third-order valence-electron chi connectivity index (χ3n) is 5.22. The predicted octanol–water partition coefficient (Wildman–Crippen LogP) is 6.71. The number of fused-ring (bicyclic) bond motifs is 1. The van der Waals surface area contributed by atoms with E-state index in [1.54, 1.807) is 33.9 Å². The first-order valence-corrected chi connectivity index (χ1v) is 12.4. The van der Waals surface area contributed by atoms with Gasteiger partial charge in [-0.3, -0.25) is 4.98 Å². The van der Waals surface area contributed by atoms with E-state index in [0.29, 0.717) is 25.1 Å². The van der Waals surface area contributed by atoms with Crippen molar-refractivity contribution < 1.29 is 23.0 Å². The van der Waals surface area contributed by atoms with Crippen molar-refractivity contribution in [1.29, 1.82) is 0 Å². The zero-order valence-electron chi connectivity index (χ0n) is 20.8. The van der Waals surface area contributed by atoms with Gasteiger partial charge in [0.25, 0.3) is 0 Å². The Labute approximate surface area is 217 Å². The highest BCUT2D eigenvalue weighted by atomic mass is 79.9. The maximum Gasteiger partial charge on any atom is 0.408 e. The molecule has 1 amide bonds. The summed E-state index contributed by atoms with van der Waals surface area (Å²) in [4.78, 5) is 16.5. The number of benzene rings is 2. The number of hydrogen-bond acceptors (Lipinski definition) is 6. The topological polar surface area (TPSA) is 98.5 Å². The van der Waals surface area contributed by atoms with Gasteiger partial charge >= 0.3 is 6.09 Å². The third-order valence-corrected chi connectivity index (χ3v) is 5.71. The Hall–Kier alpha value is -3.14. The fraction of sp³-hybridized carbons (Fsp3) is 0.385. The highest BCUT2D eigenvalue weighted by Crippen LogP contribution is 2.31. The molecule has 36 heavy (non-hydrogen) atoms. The minimum absolute atomic E-state index is 0.0952. The lowest BCUT2D eigenvalue weighted by Crippen LogP contribution is -2.34. The molecule has 0 aliphatic heterocycles. The molecule has 1 unspecified atom stereocenters. The fourth-order valence-electron chi connectivity index (χ4n) is 3.61. The van der Waals surface area contributed by atoms with Gasteiger partial charge < -0.3 is 25.8 Å². The van der Waals surface area contributed by atoms with Crippen LogP contribution in [0.4, 0.5) is 25.0 Å². The van der Waals surface area contributed by atoms with Crippen LogP contribution >= 0.6 is 15.9 Å². The normalized spacial score (nSPS) is 12.3. The fourth-order valence-corrected chi connectivity index (χ4v) is 3.97. The van der Waals surface area contributed by atoms with Crippen LogP contribution in [0.15, 0.2) is 41.0 Å². The molecule has 0 bridgehead atoms. The predicted molar refractivity (Wildman–Crippen MR) is 141 cm³/mol. The van der Waals surface area contributed by atoms with Crippen LogP contribution in [0.25, 0.3) is 10.9 Å². The summed E-state index contributed by atoms with van der Waals surface area (Å²) < 4.78 is 40.3. The van der Waals surface area contributed by atoms with Crippen LogP contribution in [-0.2, 0) is 4.74 Å². The summed E-state index contributed by atoms with van der Waals surface area (Å²) in [6.07, 6.45) is 2.24. The van der Waals surface area contributed by atoms with Crippen LogP contribution in [0.2, 0.25) is 0 Å². The number of nitrogen functional groups attached to an aromatic ring is 1. The highest BCUT2D eigenvalue weighted by molar-refractivity contribution is 9.10. The van der Waals surface area contributed by atoms with Crippen molar-refractivity contribution >= 4 is 44.3 Å². The summed E-state index contributed by atoms with van der Waals surface area (Å²) >= 11 is 3.47. The van der Waals surface area contributed by atoms with Crippen molar-refractivity contribution in [2.75, 3.05) is 24.2 Å². The van der Waals surface area contributed by atoms with Crippen LogP contribution in [0.5, 0.6) is 5.75 Å². The molecule has 4 N–H and O–H groups in total. The molecule has 2 aromatic carbocycles. The standard InChI is InChI=1S/C26H31BrF2N4O3/c1-15(33-25(34)36-26(2,3)4)18-12-17(28)13-20(29)24(18)35-10-6-5-9-31-23-19-11-16(27)7-8-22(19)32-14-21(23)30/h7-8,11-15H,5-6,9-10,30H2,1-4H3,(H,31,32)(H,33,34). The Morgan fingerprint density at radius 1 is 1.19 bits per heavy atom. The SMILES string of the molecule is CC(NC(=O)OC(C)(C)C)c1cc(F)cc(F)c1OCCCCNc1c(N)cnc2ccc(Br)cc12. The van der Waals surface area contributed by atoms with E-state index in [-0.39, 0.29) is 17.9 Å². The molecule has 0 radical (unpaired) electrons.